The standard InChI is InChI=1S/C30H38FN3O7/c1-6-39-23-12-18-13-34(29(32)25(18)26(31)28(23)40-7-2)15-22(35)17-10-20(30(3,4)5)27(38)21(11-17)33-9-8-19(14-33)41-16-24(36)37/h10-12,19,32,38H,6-9,13-16H2,1-5H3,(H,36,37). The fraction of sp³-hybridized carbons (Fsp3) is 0.500. The van der Waals surface area contributed by atoms with E-state index < -0.39 is 23.8 Å². The van der Waals surface area contributed by atoms with Crippen molar-refractivity contribution in [2.45, 2.75) is 59.1 Å². The van der Waals surface area contributed by atoms with Gasteiger partial charge in [-0.2, -0.15) is 0 Å². The number of phenolic OH excluding ortho intramolecular Hbond substituents is 1. The second-order valence-electron chi connectivity index (χ2n) is 11.2. The first-order valence-corrected chi connectivity index (χ1v) is 13.8. The predicted molar refractivity (Wildman–Crippen MR) is 151 cm³/mol. The molecule has 0 spiro atoms. The van der Waals surface area contributed by atoms with Crippen LogP contribution in [0.2, 0.25) is 0 Å². The number of carbonyl (C=O) groups is 2. The van der Waals surface area contributed by atoms with Crippen molar-refractivity contribution in [3.63, 3.8) is 0 Å². The Kier molecular flexibility index (Phi) is 8.77. The zero-order valence-electron chi connectivity index (χ0n) is 24.2. The molecule has 0 aromatic heterocycles. The summed E-state index contributed by atoms with van der Waals surface area (Å²) in [7, 11) is 0. The van der Waals surface area contributed by atoms with E-state index in [0.717, 1.165) is 0 Å². The third-order valence-electron chi connectivity index (χ3n) is 7.25. The highest BCUT2D eigenvalue weighted by Crippen LogP contribution is 2.42. The number of aliphatic carboxylic acids is 1. The Morgan fingerprint density at radius 1 is 1.15 bits per heavy atom. The lowest BCUT2D eigenvalue weighted by atomic mass is 9.84. The van der Waals surface area contributed by atoms with Gasteiger partial charge in [-0.05, 0) is 49.4 Å². The number of fused-ring (bicyclic) bond motifs is 1. The van der Waals surface area contributed by atoms with Crippen molar-refractivity contribution >= 4 is 23.3 Å². The highest BCUT2D eigenvalue weighted by Gasteiger charge is 2.34. The molecular weight excluding hydrogens is 533 g/mol. The number of ether oxygens (including phenoxy) is 3. The second-order valence-corrected chi connectivity index (χ2v) is 11.2. The largest absolute Gasteiger partial charge is 0.505 e. The van der Waals surface area contributed by atoms with Crippen LogP contribution < -0.4 is 14.4 Å². The maximum absolute atomic E-state index is 15.5. The Morgan fingerprint density at radius 3 is 2.49 bits per heavy atom. The number of carboxylic acid groups (broad SMARTS) is 1. The summed E-state index contributed by atoms with van der Waals surface area (Å²) < 4.78 is 32.0. The first-order valence-electron chi connectivity index (χ1n) is 13.8. The molecule has 1 saturated heterocycles. The Bertz CT molecular complexity index is 1350. The maximum atomic E-state index is 15.5. The predicted octanol–water partition coefficient (Wildman–Crippen LogP) is 4.33. The summed E-state index contributed by atoms with van der Waals surface area (Å²) in [4.78, 5) is 28.0. The van der Waals surface area contributed by atoms with E-state index in [1.165, 1.54) is 4.90 Å². The minimum absolute atomic E-state index is 0.0414. The number of amidine groups is 1. The van der Waals surface area contributed by atoms with Crippen LogP contribution in [0.1, 0.15) is 68.1 Å². The van der Waals surface area contributed by atoms with Crippen LogP contribution in [0.25, 0.3) is 0 Å². The molecule has 2 aromatic carbocycles. The summed E-state index contributed by atoms with van der Waals surface area (Å²) >= 11 is 0. The number of ketones is 1. The average Bonchev–Trinajstić information content (AvgIpc) is 3.49. The van der Waals surface area contributed by atoms with Crippen LogP contribution in [-0.2, 0) is 21.5 Å². The van der Waals surface area contributed by atoms with Gasteiger partial charge in [-0.15, -0.1) is 0 Å². The number of nitrogens with zero attached hydrogens (tertiary/aromatic N) is 2. The minimum Gasteiger partial charge on any atom is -0.505 e. The summed E-state index contributed by atoms with van der Waals surface area (Å²) in [6.45, 7) is 10.4. The molecule has 41 heavy (non-hydrogen) atoms. The lowest BCUT2D eigenvalue weighted by molar-refractivity contribution is -0.143. The van der Waals surface area contributed by atoms with Gasteiger partial charge < -0.3 is 34.2 Å². The molecular formula is C30H38FN3O7. The van der Waals surface area contributed by atoms with Crippen LogP contribution in [-0.4, -0.2) is 78.3 Å². The fourth-order valence-corrected chi connectivity index (χ4v) is 5.29. The monoisotopic (exact) mass is 571 g/mol. The number of rotatable bonds is 11. The number of benzene rings is 2. The first-order chi connectivity index (χ1) is 19.3. The van der Waals surface area contributed by atoms with Crippen LogP contribution in [0.15, 0.2) is 18.2 Å². The van der Waals surface area contributed by atoms with Crippen LogP contribution in [0, 0.1) is 11.2 Å². The van der Waals surface area contributed by atoms with Gasteiger partial charge in [-0.1, -0.05) is 20.8 Å². The Balaban J connectivity index is 1.61. The highest BCUT2D eigenvalue weighted by molar-refractivity contribution is 6.06. The second kappa shape index (κ2) is 11.9. The minimum atomic E-state index is -1.05. The van der Waals surface area contributed by atoms with E-state index in [4.69, 9.17) is 24.7 Å². The van der Waals surface area contributed by atoms with E-state index in [-0.39, 0.29) is 60.2 Å². The Morgan fingerprint density at radius 2 is 1.85 bits per heavy atom. The molecule has 2 aliphatic heterocycles. The quantitative estimate of drug-likeness (QED) is 0.337. The molecule has 4 rings (SSSR count). The molecule has 2 heterocycles. The molecule has 0 saturated carbocycles. The van der Waals surface area contributed by atoms with Crippen molar-refractivity contribution in [1.82, 2.24) is 4.90 Å². The van der Waals surface area contributed by atoms with E-state index >= 15 is 4.39 Å². The highest BCUT2D eigenvalue weighted by atomic mass is 19.1. The van der Waals surface area contributed by atoms with E-state index in [2.05, 4.69) is 0 Å². The molecule has 0 bridgehead atoms. The molecule has 2 aliphatic rings. The number of carbonyl (C=O) groups excluding carboxylic acids is 1. The van der Waals surface area contributed by atoms with Gasteiger partial charge in [0.25, 0.3) is 0 Å². The molecule has 1 atom stereocenters. The van der Waals surface area contributed by atoms with Gasteiger partial charge in [0.2, 0.25) is 0 Å². The van der Waals surface area contributed by atoms with Crippen molar-refractivity contribution in [1.29, 1.82) is 5.41 Å². The lowest BCUT2D eigenvalue weighted by Gasteiger charge is -2.27. The van der Waals surface area contributed by atoms with E-state index in [1.54, 1.807) is 32.0 Å². The van der Waals surface area contributed by atoms with Crippen LogP contribution in [0.5, 0.6) is 17.2 Å². The number of hydrogen-bond acceptors (Lipinski definition) is 8. The van der Waals surface area contributed by atoms with Crippen molar-refractivity contribution < 1.29 is 38.4 Å². The summed E-state index contributed by atoms with van der Waals surface area (Å²) in [6, 6.07) is 4.96. The fourth-order valence-electron chi connectivity index (χ4n) is 5.29. The Hall–Kier alpha value is -3.86. The number of hydrogen-bond donors (Lipinski definition) is 3. The summed E-state index contributed by atoms with van der Waals surface area (Å²) in [6.07, 6.45) is 0.266. The molecule has 1 fully saturated rings. The number of anilines is 1. The topological polar surface area (TPSA) is 133 Å². The van der Waals surface area contributed by atoms with Crippen molar-refractivity contribution in [3.05, 3.63) is 46.3 Å². The molecule has 11 heteroatoms. The zero-order chi connectivity index (χ0) is 30.1. The van der Waals surface area contributed by atoms with Crippen molar-refractivity contribution in [3.8, 4) is 17.2 Å². The molecule has 0 aliphatic carbocycles. The smallest absolute Gasteiger partial charge is 0.329 e. The number of phenols is 1. The van der Waals surface area contributed by atoms with Gasteiger partial charge in [-0.25, -0.2) is 9.18 Å². The van der Waals surface area contributed by atoms with E-state index in [9.17, 15) is 14.7 Å². The van der Waals surface area contributed by atoms with Crippen LogP contribution >= 0.6 is 0 Å². The summed E-state index contributed by atoms with van der Waals surface area (Å²) in [5.41, 5.74) is 1.55. The number of halogens is 1. The number of nitrogens with one attached hydrogen (secondary N) is 1. The third-order valence-corrected chi connectivity index (χ3v) is 7.25. The Labute approximate surface area is 239 Å². The SMILES string of the molecule is CCOc1cc2c(c(F)c1OCC)C(=N)N(CC(=O)c1cc(N3CCC(OCC(=O)O)C3)c(O)c(C(C)(C)C)c1)C2. The lowest BCUT2D eigenvalue weighted by Crippen LogP contribution is -2.31. The third kappa shape index (κ3) is 6.24. The molecule has 0 radical (unpaired) electrons. The van der Waals surface area contributed by atoms with E-state index in [1.807, 2.05) is 25.7 Å². The number of aromatic hydroxyl groups is 1. The maximum Gasteiger partial charge on any atom is 0.329 e. The molecule has 0 amide bonds. The van der Waals surface area contributed by atoms with Gasteiger partial charge >= 0.3 is 5.97 Å². The molecule has 3 N–H and O–H groups in total. The normalized spacial score (nSPS) is 16.7. The molecule has 10 nitrogen and oxygen atoms in total. The summed E-state index contributed by atoms with van der Waals surface area (Å²) in [5, 5.41) is 28.8. The van der Waals surface area contributed by atoms with Gasteiger partial charge in [0.15, 0.2) is 23.1 Å². The van der Waals surface area contributed by atoms with Gasteiger partial charge in [-0.3, -0.25) is 10.2 Å². The van der Waals surface area contributed by atoms with Gasteiger partial charge in [0.1, 0.15) is 18.2 Å². The first kappa shape index (κ1) is 30.1. The van der Waals surface area contributed by atoms with Gasteiger partial charge in [0.05, 0.1) is 37.1 Å². The summed E-state index contributed by atoms with van der Waals surface area (Å²) in [5.74, 6) is -1.84. The van der Waals surface area contributed by atoms with E-state index in [0.29, 0.717) is 48.5 Å². The van der Waals surface area contributed by atoms with Crippen molar-refractivity contribution in [2.24, 2.45) is 0 Å². The molecule has 2 aromatic rings. The zero-order valence-corrected chi connectivity index (χ0v) is 24.2. The van der Waals surface area contributed by atoms with Gasteiger partial charge in [0, 0.05) is 30.8 Å². The van der Waals surface area contributed by atoms with Crippen molar-refractivity contribution in [2.75, 3.05) is 44.4 Å². The van der Waals surface area contributed by atoms with Crippen LogP contribution in [0.4, 0.5) is 10.1 Å². The van der Waals surface area contributed by atoms with Crippen LogP contribution in [0.3, 0.4) is 0 Å². The number of Topliss-reactive ketones (excluding diaryl/α,β-unsaturated/α-hetero) is 1. The number of carboxylic acids is 1. The average molecular weight is 572 g/mol. The molecule has 222 valence electrons. The molecule has 1 unspecified atom stereocenters.